The molecule has 0 radical (unpaired) electrons. The van der Waals surface area contributed by atoms with E-state index in [0.717, 1.165) is 6.92 Å². The molecule has 0 saturated carbocycles. The van der Waals surface area contributed by atoms with Crippen LogP contribution in [0.25, 0.3) is 0 Å². The summed E-state index contributed by atoms with van der Waals surface area (Å²) in [5.41, 5.74) is 0. The summed E-state index contributed by atoms with van der Waals surface area (Å²) in [4.78, 5) is 0. The molecule has 0 rings (SSSR count). The molecule has 0 aliphatic carbocycles. The second kappa shape index (κ2) is 4.05. The number of halogens is 5. The van der Waals surface area contributed by atoms with Crippen molar-refractivity contribution in [3.63, 3.8) is 0 Å². The van der Waals surface area contributed by atoms with Gasteiger partial charge in [-0.25, -0.2) is 22.0 Å². The SMILES string of the molecule is CCC(F)(F)[C@@H](F)C(F)C(C)F. The predicted molar refractivity (Wildman–Crippen MR) is 35.6 cm³/mol. The van der Waals surface area contributed by atoms with Gasteiger partial charge in [-0.3, -0.25) is 0 Å². The largest absolute Gasteiger partial charge is 0.281 e. The molecule has 0 bridgehead atoms. The van der Waals surface area contributed by atoms with E-state index in [1.165, 1.54) is 0 Å². The van der Waals surface area contributed by atoms with E-state index in [1.54, 1.807) is 0 Å². The third-order valence-corrected chi connectivity index (χ3v) is 1.59. The predicted octanol–water partition coefficient (Wildman–Crippen LogP) is 3.07. The lowest BCUT2D eigenvalue weighted by Gasteiger charge is -2.22. The average molecular weight is 190 g/mol. The monoisotopic (exact) mass is 190 g/mol. The molecule has 5 heteroatoms. The number of hydrogen-bond donors (Lipinski definition) is 0. The van der Waals surface area contributed by atoms with Crippen LogP contribution in [0.1, 0.15) is 20.3 Å². The van der Waals surface area contributed by atoms with Gasteiger partial charge in [0.25, 0.3) is 5.92 Å². The first-order chi connectivity index (χ1) is 5.33. The van der Waals surface area contributed by atoms with Crippen LogP contribution in [0, 0.1) is 0 Å². The van der Waals surface area contributed by atoms with Crippen LogP contribution in [-0.2, 0) is 0 Å². The molecule has 0 aromatic heterocycles. The van der Waals surface area contributed by atoms with Crippen LogP contribution in [-0.4, -0.2) is 24.4 Å². The van der Waals surface area contributed by atoms with Gasteiger partial charge in [0.15, 0.2) is 12.3 Å². The molecule has 0 spiro atoms. The van der Waals surface area contributed by atoms with Gasteiger partial charge >= 0.3 is 0 Å². The van der Waals surface area contributed by atoms with Crippen molar-refractivity contribution in [2.75, 3.05) is 0 Å². The van der Waals surface area contributed by atoms with Crippen molar-refractivity contribution >= 4 is 0 Å². The van der Waals surface area contributed by atoms with Crippen LogP contribution in [0.5, 0.6) is 0 Å². The molecular weight excluding hydrogens is 179 g/mol. The summed E-state index contributed by atoms with van der Waals surface area (Å²) in [6, 6.07) is 0. The van der Waals surface area contributed by atoms with Crippen molar-refractivity contribution in [1.82, 2.24) is 0 Å². The summed E-state index contributed by atoms with van der Waals surface area (Å²) in [6.45, 7) is 1.73. The molecule has 0 aliphatic heterocycles. The quantitative estimate of drug-likeness (QED) is 0.597. The van der Waals surface area contributed by atoms with Gasteiger partial charge in [-0.2, -0.15) is 0 Å². The molecule has 0 saturated heterocycles. The van der Waals surface area contributed by atoms with E-state index in [0.29, 0.717) is 6.92 Å². The molecule has 0 aliphatic rings. The van der Waals surface area contributed by atoms with E-state index >= 15 is 0 Å². The fourth-order valence-electron chi connectivity index (χ4n) is 0.661. The van der Waals surface area contributed by atoms with Gasteiger partial charge in [0.05, 0.1) is 0 Å². The first-order valence-electron chi connectivity index (χ1n) is 3.63. The molecule has 0 aromatic rings. The number of hydrogen-bond acceptors (Lipinski definition) is 0. The average Bonchev–Trinajstić information content (AvgIpc) is 2.01. The van der Waals surface area contributed by atoms with E-state index in [4.69, 9.17) is 0 Å². The maximum atomic E-state index is 12.5. The highest BCUT2D eigenvalue weighted by Gasteiger charge is 2.45. The second-order valence-electron chi connectivity index (χ2n) is 2.64. The molecule has 0 aromatic carbocycles. The Labute approximate surface area is 67.8 Å². The smallest absolute Gasteiger partial charge is 0.244 e. The summed E-state index contributed by atoms with van der Waals surface area (Å²) < 4.78 is 61.6. The zero-order valence-electron chi connectivity index (χ0n) is 6.83. The molecule has 2 unspecified atom stereocenters. The highest BCUT2D eigenvalue weighted by molar-refractivity contribution is 4.84. The molecule has 74 valence electrons. The van der Waals surface area contributed by atoms with Gasteiger partial charge in [0.2, 0.25) is 0 Å². The Bertz CT molecular complexity index is 134. The Hall–Kier alpha value is -0.350. The van der Waals surface area contributed by atoms with Gasteiger partial charge in [0.1, 0.15) is 6.17 Å². The summed E-state index contributed by atoms with van der Waals surface area (Å²) in [5, 5.41) is 0. The molecule has 3 atom stereocenters. The van der Waals surface area contributed by atoms with Crippen molar-refractivity contribution in [1.29, 1.82) is 0 Å². The van der Waals surface area contributed by atoms with Gasteiger partial charge in [0, 0.05) is 6.42 Å². The molecular formula is C7H11F5. The van der Waals surface area contributed by atoms with Crippen LogP contribution < -0.4 is 0 Å². The number of rotatable bonds is 4. The van der Waals surface area contributed by atoms with Crippen molar-refractivity contribution in [2.45, 2.75) is 44.7 Å². The number of alkyl halides is 5. The van der Waals surface area contributed by atoms with Gasteiger partial charge in [-0.1, -0.05) is 6.92 Å². The van der Waals surface area contributed by atoms with E-state index in [2.05, 4.69) is 0 Å². The summed E-state index contributed by atoms with van der Waals surface area (Å²) in [5.74, 6) is -3.78. The molecule has 12 heavy (non-hydrogen) atoms. The molecule has 0 heterocycles. The maximum absolute atomic E-state index is 12.5. The molecule has 0 amide bonds. The first kappa shape index (κ1) is 11.6. The van der Waals surface area contributed by atoms with E-state index in [1.807, 2.05) is 0 Å². The molecule has 0 fully saturated rings. The summed E-state index contributed by atoms with van der Waals surface area (Å²) >= 11 is 0. The second-order valence-corrected chi connectivity index (χ2v) is 2.64. The molecule has 0 N–H and O–H groups in total. The van der Waals surface area contributed by atoms with Gasteiger partial charge in [-0.15, -0.1) is 0 Å². The van der Waals surface area contributed by atoms with Crippen LogP contribution in [0.4, 0.5) is 22.0 Å². The van der Waals surface area contributed by atoms with Crippen molar-refractivity contribution in [2.24, 2.45) is 0 Å². The highest BCUT2D eigenvalue weighted by atomic mass is 19.3. The van der Waals surface area contributed by atoms with E-state index in [9.17, 15) is 22.0 Å². The Morgan fingerprint density at radius 2 is 1.58 bits per heavy atom. The minimum Gasteiger partial charge on any atom is -0.244 e. The van der Waals surface area contributed by atoms with Crippen molar-refractivity contribution < 1.29 is 22.0 Å². The maximum Gasteiger partial charge on any atom is 0.281 e. The van der Waals surface area contributed by atoms with E-state index in [-0.39, 0.29) is 0 Å². The lowest BCUT2D eigenvalue weighted by atomic mass is 10.0. The van der Waals surface area contributed by atoms with E-state index < -0.39 is 30.9 Å². The topological polar surface area (TPSA) is 0 Å². The zero-order valence-corrected chi connectivity index (χ0v) is 6.83. The Morgan fingerprint density at radius 1 is 1.17 bits per heavy atom. The lowest BCUT2D eigenvalue weighted by molar-refractivity contribution is -0.112. The first-order valence-corrected chi connectivity index (χ1v) is 3.63. The fourth-order valence-corrected chi connectivity index (χ4v) is 0.661. The van der Waals surface area contributed by atoms with Crippen LogP contribution in [0.15, 0.2) is 0 Å². The van der Waals surface area contributed by atoms with Crippen LogP contribution in [0.3, 0.4) is 0 Å². The fraction of sp³-hybridized carbons (Fsp3) is 1.00. The Morgan fingerprint density at radius 3 is 1.83 bits per heavy atom. The summed E-state index contributed by atoms with van der Waals surface area (Å²) in [6.07, 6.45) is -8.85. The summed E-state index contributed by atoms with van der Waals surface area (Å²) in [7, 11) is 0. The Balaban J connectivity index is 4.27. The third kappa shape index (κ3) is 2.60. The van der Waals surface area contributed by atoms with Gasteiger partial charge in [-0.05, 0) is 6.92 Å². The minimum absolute atomic E-state index is 0.711. The Kier molecular flexibility index (Phi) is 3.93. The van der Waals surface area contributed by atoms with Crippen molar-refractivity contribution in [3.05, 3.63) is 0 Å². The van der Waals surface area contributed by atoms with Crippen LogP contribution in [0.2, 0.25) is 0 Å². The normalized spacial score (nSPS) is 20.2. The standard InChI is InChI=1S/C7H11F5/c1-3-7(11,12)6(10)5(9)4(2)8/h4-6H,3H2,1-2H3/t4?,5?,6-/m0/s1. The minimum atomic E-state index is -3.78. The van der Waals surface area contributed by atoms with Gasteiger partial charge < -0.3 is 0 Å². The lowest BCUT2D eigenvalue weighted by Crippen LogP contribution is -2.40. The molecule has 0 nitrogen and oxygen atoms in total. The van der Waals surface area contributed by atoms with Crippen molar-refractivity contribution in [3.8, 4) is 0 Å². The third-order valence-electron chi connectivity index (χ3n) is 1.59. The zero-order chi connectivity index (χ0) is 9.94. The van der Waals surface area contributed by atoms with Crippen LogP contribution >= 0.6 is 0 Å². The highest BCUT2D eigenvalue weighted by Crippen LogP contribution is 2.30.